The van der Waals surface area contributed by atoms with Crippen LogP contribution in [0.2, 0.25) is 0 Å². The first-order chi connectivity index (χ1) is 10.3. The molecule has 104 valence electrons. The zero-order valence-corrected chi connectivity index (χ0v) is 12.5. The first-order valence-electron chi connectivity index (χ1n) is 6.90. The summed E-state index contributed by atoms with van der Waals surface area (Å²) < 4.78 is 0. The third kappa shape index (κ3) is 2.76. The number of para-hydroxylation sites is 2. The molecule has 0 aliphatic heterocycles. The standard InChI is InChI=1S/C17H15N3S/c1-2-18-17(21)16-15(12-8-4-3-5-9-12)19-13-10-6-7-11-14(13)20-16/h3-11H,2H2,1H3,(H,18,21). The van der Waals surface area contributed by atoms with E-state index in [4.69, 9.17) is 22.2 Å². The van der Waals surface area contributed by atoms with E-state index in [0.29, 0.717) is 4.99 Å². The van der Waals surface area contributed by atoms with E-state index in [1.165, 1.54) is 0 Å². The van der Waals surface area contributed by atoms with E-state index in [2.05, 4.69) is 5.32 Å². The molecule has 3 rings (SSSR count). The van der Waals surface area contributed by atoms with Gasteiger partial charge in [-0.25, -0.2) is 9.97 Å². The fourth-order valence-corrected chi connectivity index (χ4v) is 2.49. The van der Waals surface area contributed by atoms with Crippen molar-refractivity contribution in [2.24, 2.45) is 0 Å². The van der Waals surface area contributed by atoms with Crippen LogP contribution in [-0.2, 0) is 0 Å². The second-order valence-electron chi connectivity index (χ2n) is 4.64. The van der Waals surface area contributed by atoms with Crippen molar-refractivity contribution in [3.63, 3.8) is 0 Å². The van der Waals surface area contributed by atoms with Crippen LogP contribution in [-0.4, -0.2) is 21.5 Å². The van der Waals surface area contributed by atoms with Crippen LogP contribution < -0.4 is 5.32 Å². The van der Waals surface area contributed by atoms with Crippen molar-refractivity contribution < 1.29 is 0 Å². The van der Waals surface area contributed by atoms with E-state index in [-0.39, 0.29) is 0 Å². The molecule has 0 aliphatic rings. The average molecular weight is 293 g/mol. The van der Waals surface area contributed by atoms with Crippen LogP contribution in [0, 0.1) is 0 Å². The third-order valence-electron chi connectivity index (χ3n) is 3.17. The van der Waals surface area contributed by atoms with Gasteiger partial charge in [-0.05, 0) is 19.1 Å². The lowest BCUT2D eigenvalue weighted by molar-refractivity contribution is 0.976. The predicted octanol–water partition coefficient (Wildman–Crippen LogP) is 3.58. The van der Waals surface area contributed by atoms with Crippen molar-refractivity contribution in [2.45, 2.75) is 6.92 Å². The quantitative estimate of drug-likeness (QED) is 0.749. The SMILES string of the molecule is CCNC(=S)c1nc2ccccc2nc1-c1ccccc1. The maximum absolute atomic E-state index is 5.46. The van der Waals surface area contributed by atoms with Gasteiger partial charge in [-0.1, -0.05) is 54.7 Å². The Labute approximate surface area is 129 Å². The van der Waals surface area contributed by atoms with Crippen LogP contribution in [0.5, 0.6) is 0 Å². The van der Waals surface area contributed by atoms with Crippen molar-refractivity contribution in [3.05, 3.63) is 60.3 Å². The first-order valence-corrected chi connectivity index (χ1v) is 7.31. The Hall–Kier alpha value is -2.33. The highest BCUT2D eigenvalue weighted by molar-refractivity contribution is 7.80. The molecule has 0 radical (unpaired) electrons. The summed E-state index contributed by atoms with van der Waals surface area (Å²) in [7, 11) is 0. The van der Waals surface area contributed by atoms with Gasteiger partial charge in [0.2, 0.25) is 0 Å². The Morgan fingerprint density at radius 1 is 0.952 bits per heavy atom. The van der Waals surface area contributed by atoms with Crippen LogP contribution in [0.3, 0.4) is 0 Å². The van der Waals surface area contributed by atoms with Crippen LogP contribution in [0.1, 0.15) is 12.6 Å². The highest BCUT2D eigenvalue weighted by Crippen LogP contribution is 2.23. The number of fused-ring (bicyclic) bond motifs is 1. The average Bonchev–Trinajstić information content (AvgIpc) is 2.54. The third-order valence-corrected chi connectivity index (χ3v) is 3.51. The smallest absolute Gasteiger partial charge is 0.127 e. The van der Waals surface area contributed by atoms with Crippen molar-refractivity contribution >= 4 is 28.2 Å². The van der Waals surface area contributed by atoms with Crippen molar-refractivity contribution in [1.82, 2.24) is 15.3 Å². The monoisotopic (exact) mass is 293 g/mol. The molecule has 0 aliphatic carbocycles. The molecule has 0 atom stereocenters. The van der Waals surface area contributed by atoms with Gasteiger partial charge in [0.25, 0.3) is 0 Å². The van der Waals surface area contributed by atoms with E-state index in [1.54, 1.807) is 0 Å². The van der Waals surface area contributed by atoms with E-state index in [9.17, 15) is 0 Å². The van der Waals surface area contributed by atoms with E-state index in [0.717, 1.165) is 34.5 Å². The van der Waals surface area contributed by atoms with Crippen LogP contribution in [0.15, 0.2) is 54.6 Å². The van der Waals surface area contributed by atoms with Gasteiger partial charge in [0.15, 0.2) is 0 Å². The molecule has 3 nitrogen and oxygen atoms in total. The van der Waals surface area contributed by atoms with Gasteiger partial charge in [-0.3, -0.25) is 0 Å². The minimum atomic E-state index is 0.634. The van der Waals surface area contributed by atoms with Crippen LogP contribution >= 0.6 is 12.2 Å². The van der Waals surface area contributed by atoms with Gasteiger partial charge in [0, 0.05) is 12.1 Å². The topological polar surface area (TPSA) is 37.8 Å². The molecule has 0 spiro atoms. The van der Waals surface area contributed by atoms with Crippen molar-refractivity contribution in [2.75, 3.05) is 6.54 Å². The number of hydrogen-bond acceptors (Lipinski definition) is 3. The molecule has 3 aromatic rings. The maximum atomic E-state index is 5.46. The minimum absolute atomic E-state index is 0.634. The summed E-state index contributed by atoms with van der Waals surface area (Å²) in [4.78, 5) is 10.1. The van der Waals surface area contributed by atoms with Gasteiger partial charge >= 0.3 is 0 Å². The summed E-state index contributed by atoms with van der Waals surface area (Å²) in [5.41, 5.74) is 4.30. The van der Waals surface area contributed by atoms with E-state index >= 15 is 0 Å². The lowest BCUT2D eigenvalue weighted by Crippen LogP contribution is -2.24. The number of hydrogen-bond donors (Lipinski definition) is 1. The summed E-state index contributed by atoms with van der Waals surface area (Å²) in [5.74, 6) is 0. The molecule has 1 heterocycles. The molecule has 0 bridgehead atoms. The largest absolute Gasteiger partial charge is 0.375 e. The Bertz CT molecular complexity index is 784. The van der Waals surface area contributed by atoms with Crippen LogP contribution in [0.25, 0.3) is 22.3 Å². The fourth-order valence-electron chi connectivity index (χ4n) is 2.20. The second kappa shape index (κ2) is 5.97. The van der Waals surface area contributed by atoms with Gasteiger partial charge < -0.3 is 5.32 Å². The molecule has 0 unspecified atom stereocenters. The van der Waals surface area contributed by atoms with Crippen molar-refractivity contribution in [1.29, 1.82) is 0 Å². The Kier molecular flexibility index (Phi) is 3.88. The molecule has 1 N–H and O–H groups in total. The zero-order chi connectivity index (χ0) is 14.7. The molecule has 0 fully saturated rings. The number of nitrogens with one attached hydrogen (secondary N) is 1. The first kappa shape index (κ1) is 13.6. The van der Waals surface area contributed by atoms with Gasteiger partial charge in [0.1, 0.15) is 10.7 Å². The fraction of sp³-hybridized carbons (Fsp3) is 0.118. The highest BCUT2D eigenvalue weighted by Gasteiger charge is 2.14. The van der Waals surface area contributed by atoms with Crippen LogP contribution in [0.4, 0.5) is 0 Å². The Morgan fingerprint density at radius 2 is 1.57 bits per heavy atom. The Balaban J connectivity index is 2.24. The molecular weight excluding hydrogens is 278 g/mol. The summed E-state index contributed by atoms with van der Waals surface area (Å²) in [6.45, 7) is 2.78. The maximum Gasteiger partial charge on any atom is 0.127 e. The summed E-state index contributed by atoms with van der Waals surface area (Å²) in [5, 5.41) is 3.17. The number of benzene rings is 2. The lowest BCUT2D eigenvalue weighted by atomic mass is 10.1. The molecule has 4 heteroatoms. The number of nitrogens with zero attached hydrogens (tertiary/aromatic N) is 2. The number of rotatable bonds is 3. The summed E-state index contributed by atoms with van der Waals surface area (Å²) >= 11 is 5.46. The van der Waals surface area contributed by atoms with Gasteiger partial charge in [-0.2, -0.15) is 0 Å². The molecule has 0 amide bonds. The van der Waals surface area contributed by atoms with Gasteiger partial charge in [-0.15, -0.1) is 0 Å². The number of thiocarbonyl (C=S) groups is 1. The van der Waals surface area contributed by atoms with E-state index < -0.39 is 0 Å². The molecule has 21 heavy (non-hydrogen) atoms. The van der Waals surface area contributed by atoms with E-state index in [1.807, 2.05) is 61.5 Å². The minimum Gasteiger partial charge on any atom is -0.375 e. The second-order valence-corrected chi connectivity index (χ2v) is 5.04. The number of aromatic nitrogens is 2. The van der Waals surface area contributed by atoms with Gasteiger partial charge in [0.05, 0.1) is 16.7 Å². The molecule has 0 saturated carbocycles. The molecule has 0 saturated heterocycles. The lowest BCUT2D eigenvalue weighted by Gasteiger charge is -2.11. The highest BCUT2D eigenvalue weighted by atomic mass is 32.1. The molecule has 2 aromatic carbocycles. The summed E-state index contributed by atoms with van der Waals surface area (Å²) in [6, 6.07) is 17.9. The molecular formula is C17H15N3S. The zero-order valence-electron chi connectivity index (χ0n) is 11.7. The normalized spacial score (nSPS) is 10.5. The van der Waals surface area contributed by atoms with Crippen molar-refractivity contribution in [3.8, 4) is 11.3 Å². The molecule has 1 aromatic heterocycles. The predicted molar refractivity (Wildman–Crippen MR) is 90.4 cm³/mol. The summed E-state index contributed by atoms with van der Waals surface area (Å²) in [6.07, 6.45) is 0. The Morgan fingerprint density at radius 3 is 2.24 bits per heavy atom.